The van der Waals surface area contributed by atoms with Crippen molar-refractivity contribution in [3.05, 3.63) is 21.9 Å². The zero-order valence-electron chi connectivity index (χ0n) is 16.3. The second kappa shape index (κ2) is 9.17. The van der Waals surface area contributed by atoms with Crippen molar-refractivity contribution in [3.8, 4) is 0 Å². The van der Waals surface area contributed by atoms with Gasteiger partial charge >= 0.3 is 6.09 Å². The lowest BCUT2D eigenvalue weighted by atomic mass is 10.2. The Morgan fingerprint density at radius 1 is 1.19 bits per heavy atom. The van der Waals surface area contributed by atoms with Crippen molar-refractivity contribution in [1.29, 1.82) is 0 Å². The molecule has 0 atom stereocenters. The number of aromatic nitrogens is 1. The van der Waals surface area contributed by atoms with Crippen molar-refractivity contribution >= 4 is 35.2 Å². The normalized spacial score (nSPS) is 15.7. The molecule has 0 aliphatic carbocycles. The van der Waals surface area contributed by atoms with Crippen molar-refractivity contribution in [2.75, 3.05) is 39.3 Å². The van der Waals surface area contributed by atoms with Crippen molar-refractivity contribution in [3.63, 3.8) is 0 Å². The Balaban J connectivity index is 1.66. The molecule has 1 aliphatic rings. The van der Waals surface area contributed by atoms with Crippen LogP contribution in [0.3, 0.4) is 0 Å². The van der Waals surface area contributed by atoms with E-state index in [4.69, 9.17) is 27.9 Å². The molecule has 7 nitrogen and oxygen atoms in total. The molecule has 0 aromatic carbocycles. The molecule has 1 aromatic heterocycles. The third-order valence-electron chi connectivity index (χ3n) is 4.31. The van der Waals surface area contributed by atoms with Gasteiger partial charge in [-0.1, -0.05) is 23.2 Å². The summed E-state index contributed by atoms with van der Waals surface area (Å²) in [5.74, 6) is -0.193. The van der Waals surface area contributed by atoms with E-state index in [9.17, 15) is 9.59 Å². The number of hydrogen-bond donors (Lipinski definition) is 1. The van der Waals surface area contributed by atoms with Crippen LogP contribution >= 0.6 is 23.2 Å². The van der Waals surface area contributed by atoms with Gasteiger partial charge in [-0.15, -0.1) is 0 Å². The first-order valence-electron chi connectivity index (χ1n) is 9.07. The number of carbonyl (C=O) groups excluding carboxylic acids is 2. The molecule has 0 radical (unpaired) electrons. The number of piperazine rings is 1. The van der Waals surface area contributed by atoms with Gasteiger partial charge in [-0.25, -0.2) is 4.79 Å². The van der Waals surface area contributed by atoms with Gasteiger partial charge in [0.25, 0.3) is 5.91 Å². The predicted molar refractivity (Wildman–Crippen MR) is 107 cm³/mol. The van der Waals surface area contributed by atoms with E-state index < -0.39 is 5.60 Å². The summed E-state index contributed by atoms with van der Waals surface area (Å²) in [6.45, 7) is 9.94. The summed E-state index contributed by atoms with van der Waals surface area (Å²) in [4.78, 5) is 28.3. The van der Waals surface area contributed by atoms with Gasteiger partial charge < -0.3 is 19.5 Å². The van der Waals surface area contributed by atoms with Gasteiger partial charge in [0.05, 0.1) is 5.02 Å². The summed E-state index contributed by atoms with van der Waals surface area (Å²) in [6.07, 6.45) is 0.568. The first-order chi connectivity index (χ1) is 12.6. The molecule has 9 heteroatoms. The van der Waals surface area contributed by atoms with E-state index in [1.54, 1.807) is 22.6 Å². The van der Waals surface area contributed by atoms with E-state index in [1.807, 2.05) is 20.8 Å². The molecular formula is C18H28Cl2N4O3. The van der Waals surface area contributed by atoms with Gasteiger partial charge in [-0.05, 0) is 39.8 Å². The van der Waals surface area contributed by atoms with E-state index in [2.05, 4.69) is 10.2 Å². The number of hydrogen-bond acceptors (Lipinski definition) is 4. The van der Waals surface area contributed by atoms with Crippen molar-refractivity contribution in [1.82, 2.24) is 19.7 Å². The van der Waals surface area contributed by atoms with Crippen LogP contribution in [0.4, 0.5) is 4.79 Å². The average Bonchev–Trinajstić information content (AvgIpc) is 2.85. The molecule has 0 bridgehead atoms. The average molecular weight is 419 g/mol. The van der Waals surface area contributed by atoms with E-state index in [1.165, 1.54) is 0 Å². The summed E-state index contributed by atoms with van der Waals surface area (Å²) in [6, 6.07) is 1.56. The lowest BCUT2D eigenvalue weighted by molar-refractivity contribution is 0.0144. The lowest BCUT2D eigenvalue weighted by Gasteiger charge is -2.35. The molecule has 2 rings (SSSR count). The Morgan fingerprint density at radius 2 is 1.81 bits per heavy atom. The Hall–Kier alpha value is -1.44. The maximum absolute atomic E-state index is 12.2. The van der Waals surface area contributed by atoms with Crippen molar-refractivity contribution in [2.45, 2.75) is 32.8 Å². The van der Waals surface area contributed by atoms with Crippen LogP contribution in [-0.4, -0.2) is 71.2 Å². The first-order valence-corrected chi connectivity index (χ1v) is 9.83. The van der Waals surface area contributed by atoms with Crippen LogP contribution in [0.15, 0.2) is 6.07 Å². The molecule has 1 saturated heterocycles. The number of amides is 2. The number of nitrogens with zero attached hydrogens (tertiary/aromatic N) is 3. The lowest BCUT2D eigenvalue weighted by Crippen LogP contribution is -2.50. The van der Waals surface area contributed by atoms with Gasteiger partial charge in [0, 0.05) is 39.8 Å². The highest BCUT2D eigenvalue weighted by Gasteiger charge is 2.25. The number of rotatable bonds is 5. The molecule has 1 fully saturated rings. The summed E-state index contributed by atoms with van der Waals surface area (Å²) in [7, 11) is 1.70. The molecule has 0 saturated carbocycles. The Labute approximate surface area is 170 Å². The third-order valence-corrected chi connectivity index (χ3v) is 5.15. The standard InChI is InChI=1S/C18H28Cl2N4O3/c1-18(2,3)27-17(26)24-10-8-23(9-11-24)7-5-6-21-16(25)14-12-13(19)15(20)22(14)4/h12H,5-11H2,1-4H3,(H,21,25). The Bertz CT molecular complexity index is 677. The van der Waals surface area contributed by atoms with Crippen LogP contribution < -0.4 is 5.32 Å². The molecule has 1 N–H and O–H groups in total. The highest BCUT2D eigenvalue weighted by Crippen LogP contribution is 2.24. The third kappa shape index (κ3) is 6.30. The van der Waals surface area contributed by atoms with Crippen LogP contribution in [0.5, 0.6) is 0 Å². The number of nitrogens with one attached hydrogen (secondary N) is 1. The van der Waals surface area contributed by atoms with E-state index in [0.29, 0.717) is 35.5 Å². The second-order valence-corrected chi connectivity index (χ2v) is 8.41. The van der Waals surface area contributed by atoms with Gasteiger partial charge in [0.2, 0.25) is 0 Å². The molecule has 0 unspecified atom stereocenters. The monoisotopic (exact) mass is 418 g/mol. The summed E-state index contributed by atoms with van der Waals surface area (Å²) in [5.41, 5.74) is -0.0323. The maximum atomic E-state index is 12.2. The van der Waals surface area contributed by atoms with E-state index >= 15 is 0 Å². The van der Waals surface area contributed by atoms with Crippen LogP contribution in [0.1, 0.15) is 37.7 Å². The molecule has 2 amide bonds. The largest absolute Gasteiger partial charge is 0.444 e. The quantitative estimate of drug-likeness (QED) is 0.746. The zero-order chi connectivity index (χ0) is 20.2. The SMILES string of the molecule is Cn1c(C(=O)NCCCN2CCN(C(=O)OC(C)(C)C)CC2)cc(Cl)c1Cl. The molecule has 2 heterocycles. The van der Waals surface area contributed by atoms with Gasteiger partial charge in [-0.2, -0.15) is 0 Å². The first kappa shape index (κ1) is 21.9. The van der Waals surface area contributed by atoms with Crippen LogP contribution in [-0.2, 0) is 11.8 Å². The predicted octanol–water partition coefficient (Wildman–Crippen LogP) is 3.00. The molecule has 0 spiro atoms. The highest BCUT2D eigenvalue weighted by molar-refractivity contribution is 6.41. The minimum atomic E-state index is -0.473. The van der Waals surface area contributed by atoms with Crippen LogP contribution in [0.25, 0.3) is 0 Å². The summed E-state index contributed by atoms with van der Waals surface area (Å²) in [5, 5.41) is 3.60. The van der Waals surface area contributed by atoms with Crippen molar-refractivity contribution in [2.24, 2.45) is 7.05 Å². The maximum Gasteiger partial charge on any atom is 0.410 e. The smallest absolute Gasteiger partial charge is 0.410 e. The van der Waals surface area contributed by atoms with E-state index in [-0.39, 0.29) is 12.0 Å². The van der Waals surface area contributed by atoms with Gasteiger partial charge in [0.15, 0.2) is 0 Å². The number of halogens is 2. The molecule has 1 aliphatic heterocycles. The number of carbonyl (C=O) groups is 2. The fourth-order valence-electron chi connectivity index (χ4n) is 2.84. The summed E-state index contributed by atoms with van der Waals surface area (Å²) >= 11 is 11.9. The minimum absolute atomic E-state index is 0.193. The molecule has 27 heavy (non-hydrogen) atoms. The van der Waals surface area contributed by atoms with Crippen LogP contribution in [0.2, 0.25) is 10.2 Å². The van der Waals surface area contributed by atoms with E-state index in [0.717, 1.165) is 26.1 Å². The van der Waals surface area contributed by atoms with Crippen molar-refractivity contribution < 1.29 is 14.3 Å². The van der Waals surface area contributed by atoms with Crippen LogP contribution in [0, 0.1) is 0 Å². The van der Waals surface area contributed by atoms with Gasteiger partial charge in [-0.3, -0.25) is 9.69 Å². The second-order valence-electron chi connectivity index (χ2n) is 7.65. The zero-order valence-corrected chi connectivity index (χ0v) is 17.9. The summed E-state index contributed by atoms with van der Waals surface area (Å²) < 4.78 is 6.96. The Morgan fingerprint density at radius 3 is 2.33 bits per heavy atom. The molecule has 1 aromatic rings. The van der Waals surface area contributed by atoms with Gasteiger partial charge in [0.1, 0.15) is 16.4 Å². The topological polar surface area (TPSA) is 66.8 Å². The number of ether oxygens (including phenoxy) is 1. The molecule has 152 valence electrons. The Kier molecular flexibility index (Phi) is 7.42. The fourth-order valence-corrected chi connectivity index (χ4v) is 3.21. The molecular weight excluding hydrogens is 391 g/mol. The fraction of sp³-hybridized carbons (Fsp3) is 0.667. The minimum Gasteiger partial charge on any atom is -0.444 e. The highest BCUT2D eigenvalue weighted by atomic mass is 35.5.